The first-order chi connectivity index (χ1) is 15.6. The van der Waals surface area contributed by atoms with Crippen LogP contribution in [0.1, 0.15) is 0 Å². The Balaban J connectivity index is 0.000000280. The van der Waals surface area contributed by atoms with Gasteiger partial charge in [-0.1, -0.05) is 0 Å². The van der Waals surface area contributed by atoms with E-state index in [1.54, 1.807) is 0 Å². The summed E-state index contributed by atoms with van der Waals surface area (Å²) < 4.78 is 33.2. The molecule has 35 heavy (non-hydrogen) atoms. The molecule has 0 amide bonds. The maximum absolute atomic E-state index is 11.7. The summed E-state index contributed by atoms with van der Waals surface area (Å²) in [4.78, 5) is 58.7. The molecule has 16 nitrogen and oxygen atoms in total. The molecule has 0 aromatic carbocycles. The van der Waals surface area contributed by atoms with Gasteiger partial charge in [-0.25, -0.2) is 18.0 Å². The van der Waals surface area contributed by atoms with Crippen LogP contribution in [-0.2, 0) is 51.1 Å². The van der Waals surface area contributed by atoms with Gasteiger partial charge in [0.1, 0.15) is 23.0 Å². The van der Waals surface area contributed by atoms with E-state index >= 15 is 0 Å². The Morgan fingerprint density at radius 3 is 1.26 bits per heavy atom. The van der Waals surface area contributed by atoms with E-state index in [2.05, 4.69) is 14.2 Å². The van der Waals surface area contributed by atoms with Crippen molar-refractivity contribution in [2.75, 3.05) is 68.2 Å². The minimum absolute atomic E-state index is 0. The third kappa shape index (κ3) is 6.44. The Morgan fingerprint density at radius 2 is 1.00 bits per heavy atom. The molecule has 2 aromatic heterocycles. The van der Waals surface area contributed by atoms with Gasteiger partial charge in [0.05, 0.1) is 20.4 Å². The summed E-state index contributed by atoms with van der Waals surface area (Å²) in [7, 11) is 6.63. The van der Waals surface area contributed by atoms with Crippen LogP contribution in [0.15, 0.2) is 19.2 Å². The van der Waals surface area contributed by atoms with E-state index in [1.165, 1.54) is 14.1 Å². The average molecular weight is 611 g/mol. The van der Waals surface area contributed by atoms with Crippen LogP contribution in [0.25, 0.3) is 0 Å². The molecule has 2 aliphatic heterocycles. The number of nitrogens with zero attached hydrogens (tertiary/aromatic N) is 6. The minimum Gasteiger partial charge on any atom is -0.726 e. The molecular weight excluding hydrogens is 584 g/mol. The molecule has 0 atom stereocenters. The molecule has 4 heterocycles. The Labute approximate surface area is 215 Å². The van der Waals surface area contributed by atoms with Gasteiger partial charge in [0.25, 0.3) is 11.1 Å². The largest absolute Gasteiger partial charge is 1.00 e. The first-order valence-electron chi connectivity index (χ1n) is 9.63. The molecule has 0 radical (unpaired) electrons. The quantitative estimate of drug-likeness (QED) is 0.188. The van der Waals surface area contributed by atoms with E-state index in [0.717, 1.165) is 16.2 Å². The summed E-state index contributed by atoms with van der Waals surface area (Å²) in [5, 5.41) is 0. The van der Waals surface area contributed by atoms with E-state index in [0.29, 0.717) is 36.3 Å². The Morgan fingerprint density at radius 1 is 0.714 bits per heavy atom. The van der Waals surface area contributed by atoms with Crippen LogP contribution in [0, 0.1) is 0 Å². The maximum Gasteiger partial charge on any atom is 1.00 e. The van der Waals surface area contributed by atoms with Crippen molar-refractivity contribution in [3.05, 3.63) is 41.7 Å². The number of hydrogen-bond donors (Lipinski definition) is 2. The molecule has 18 heteroatoms. The number of aromatic nitrogens is 4. The number of anilines is 4. The second kappa shape index (κ2) is 11.3. The van der Waals surface area contributed by atoms with Gasteiger partial charge in [0.15, 0.2) is 0 Å². The van der Waals surface area contributed by atoms with Gasteiger partial charge in [0, 0.05) is 42.3 Å². The van der Waals surface area contributed by atoms with Crippen LogP contribution in [0.2, 0.25) is 0 Å². The van der Waals surface area contributed by atoms with E-state index in [4.69, 9.17) is 0 Å². The smallest absolute Gasteiger partial charge is 0.726 e. The summed E-state index contributed by atoms with van der Waals surface area (Å²) in [6.45, 7) is 1.23. The van der Waals surface area contributed by atoms with Gasteiger partial charge in [-0.15, -0.1) is 0 Å². The predicted molar refractivity (Wildman–Crippen MR) is 125 cm³/mol. The molecule has 0 unspecified atom stereocenters. The number of aromatic amines is 2. The third-order valence-electron chi connectivity index (χ3n) is 5.10. The summed E-state index contributed by atoms with van der Waals surface area (Å²) in [5.74, 6) is 1.20. The second-order valence-electron chi connectivity index (χ2n) is 7.63. The van der Waals surface area contributed by atoms with Gasteiger partial charge >= 0.3 is 33.8 Å². The SMILES string of the molecule is CN1CN(C)c2c1[nH]c(=O)n(C)c2=O.CN1CN(C)c2c1[nH]c(=O)n(C)c2=O.COS(=O)(=O)[O-].[Ag+]. The molecule has 4 rings (SSSR count). The first-order valence-corrected chi connectivity index (χ1v) is 11.0. The molecule has 0 saturated carbocycles. The van der Waals surface area contributed by atoms with Crippen molar-refractivity contribution >= 4 is 33.4 Å². The fourth-order valence-electron chi connectivity index (χ4n) is 3.35. The molecule has 0 fully saturated rings. The molecule has 2 aromatic rings. The first kappa shape index (κ1) is 30.2. The summed E-state index contributed by atoms with van der Waals surface area (Å²) in [6.07, 6.45) is 0. The fourth-order valence-corrected chi connectivity index (χ4v) is 3.35. The Hall–Kier alpha value is -2.83. The normalized spacial score (nSPS) is 13.8. The molecule has 0 aliphatic carbocycles. The number of nitrogens with one attached hydrogen (secondary N) is 2. The van der Waals surface area contributed by atoms with Gasteiger partial charge < -0.3 is 24.2 Å². The van der Waals surface area contributed by atoms with Crippen molar-refractivity contribution < 1.29 is 39.5 Å². The molecule has 2 aliphatic rings. The predicted octanol–water partition coefficient (Wildman–Crippen LogP) is -3.08. The summed E-state index contributed by atoms with van der Waals surface area (Å²) >= 11 is 0. The van der Waals surface area contributed by atoms with Crippen LogP contribution in [0.5, 0.6) is 0 Å². The number of fused-ring (bicyclic) bond motifs is 2. The van der Waals surface area contributed by atoms with Gasteiger partial charge in [-0.05, 0) is 0 Å². The third-order valence-corrected chi connectivity index (χ3v) is 5.51. The number of H-pyrrole nitrogens is 2. The van der Waals surface area contributed by atoms with E-state index in [-0.39, 0.29) is 44.9 Å². The molecule has 200 valence electrons. The Bertz CT molecular complexity index is 1320. The van der Waals surface area contributed by atoms with Crippen LogP contribution >= 0.6 is 0 Å². The second-order valence-corrected chi connectivity index (χ2v) is 8.78. The molecule has 0 bridgehead atoms. The summed E-state index contributed by atoms with van der Waals surface area (Å²) in [5.41, 5.74) is -0.165. The van der Waals surface area contributed by atoms with E-state index < -0.39 is 10.4 Å². The molecular formula is C17H27AgN8O8S. The van der Waals surface area contributed by atoms with Crippen LogP contribution in [0.4, 0.5) is 23.0 Å². The van der Waals surface area contributed by atoms with Crippen LogP contribution in [0.3, 0.4) is 0 Å². The zero-order chi connectivity index (χ0) is 26.1. The standard InChI is InChI=1S/2C8H12N4O2.CH4O4S.Ag/c2*1-10-4-11(2)6-5(10)7(13)12(3)8(14)9-6;1-5-6(2,3)4;/h2*4H2,1-3H3,(H,9,14);1H3,(H,2,3,4);/q;;;+1/p-1. The van der Waals surface area contributed by atoms with Crippen LogP contribution in [-0.4, -0.2) is 80.7 Å². The van der Waals surface area contributed by atoms with Crippen molar-refractivity contribution in [3.63, 3.8) is 0 Å². The van der Waals surface area contributed by atoms with Gasteiger partial charge in [-0.3, -0.25) is 32.9 Å². The number of hydrogen-bond acceptors (Lipinski definition) is 12. The van der Waals surface area contributed by atoms with Crippen molar-refractivity contribution in [2.45, 2.75) is 0 Å². The fraction of sp³-hybridized carbons (Fsp3) is 0.529. The molecule has 0 saturated heterocycles. The van der Waals surface area contributed by atoms with E-state index in [1.807, 2.05) is 47.8 Å². The monoisotopic (exact) mass is 610 g/mol. The zero-order valence-corrected chi connectivity index (χ0v) is 22.4. The number of rotatable bonds is 1. The zero-order valence-electron chi connectivity index (χ0n) is 20.1. The topological polar surface area (TPSA) is 189 Å². The van der Waals surface area contributed by atoms with Crippen molar-refractivity contribution in [2.24, 2.45) is 14.1 Å². The maximum atomic E-state index is 11.7. The van der Waals surface area contributed by atoms with Gasteiger partial charge in [0.2, 0.25) is 10.4 Å². The summed E-state index contributed by atoms with van der Waals surface area (Å²) in [6, 6.07) is 0. The van der Waals surface area contributed by atoms with Crippen molar-refractivity contribution in [1.82, 2.24) is 19.1 Å². The van der Waals surface area contributed by atoms with Crippen LogP contribution < -0.4 is 42.1 Å². The average Bonchev–Trinajstić information content (AvgIpc) is 3.19. The molecule has 0 spiro atoms. The minimum atomic E-state index is -4.41. The van der Waals surface area contributed by atoms with E-state index in [9.17, 15) is 32.1 Å². The van der Waals surface area contributed by atoms with Crippen molar-refractivity contribution in [1.29, 1.82) is 0 Å². The molecule has 2 N–H and O–H groups in total. The van der Waals surface area contributed by atoms with Crippen molar-refractivity contribution in [3.8, 4) is 0 Å². The van der Waals surface area contributed by atoms with Gasteiger partial charge in [-0.2, -0.15) is 0 Å². The Kier molecular flexibility index (Phi) is 9.73.